The lowest BCUT2D eigenvalue weighted by molar-refractivity contribution is 0.0949. The molecule has 22 heavy (non-hydrogen) atoms. The molecule has 1 aliphatic rings. The summed E-state index contributed by atoms with van der Waals surface area (Å²) >= 11 is 0. The second-order valence-electron chi connectivity index (χ2n) is 5.50. The summed E-state index contributed by atoms with van der Waals surface area (Å²) in [5, 5.41) is 5.95. The molecule has 0 saturated carbocycles. The van der Waals surface area contributed by atoms with Gasteiger partial charge in [0.1, 0.15) is 5.69 Å². The van der Waals surface area contributed by atoms with Gasteiger partial charge in [-0.25, -0.2) is 9.97 Å². The monoisotopic (exact) mass is 300 g/mol. The fourth-order valence-corrected chi connectivity index (χ4v) is 2.49. The maximum atomic E-state index is 12.2. The molecule has 0 unspecified atom stereocenters. The molecule has 0 aromatic carbocycles. The van der Waals surface area contributed by atoms with Gasteiger partial charge < -0.3 is 10.6 Å². The lowest BCUT2D eigenvalue weighted by atomic mass is 9.97. The minimum Gasteiger partial charge on any atom is -0.351 e. The summed E-state index contributed by atoms with van der Waals surface area (Å²) in [5.74, 6) is 0.309. The molecule has 0 bridgehead atoms. The molecular weight excluding hydrogens is 276 g/mol. The predicted molar refractivity (Wildman–Crippen MR) is 89.0 cm³/mol. The standard InChI is InChI=1S/C17H24N4O/c1-3-10-19-17-20-13(2)12-15(21-17)16(22)18-11-9-14-7-5-4-6-8-14/h3,7,12H,1,4-6,8-11H2,2H3,(H,18,22)(H,19,20,21). The average Bonchev–Trinajstić information content (AvgIpc) is 2.53. The molecule has 1 amide bonds. The van der Waals surface area contributed by atoms with Gasteiger partial charge in [0.25, 0.3) is 5.91 Å². The van der Waals surface area contributed by atoms with E-state index in [0.717, 1.165) is 18.5 Å². The molecule has 1 heterocycles. The van der Waals surface area contributed by atoms with Crippen LogP contribution in [0.4, 0.5) is 5.95 Å². The second kappa shape index (κ2) is 8.32. The predicted octanol–water partition coefficient (Wildman–Crippen LogP) is 3.00. The first kappa shape index (κ1) is 16.2. The quantitative estimate of drug-likeness (QED) is 0.760. The van der Waals surface area contributed by atoms with Gasteiger partial charge in [-0.05, 0) is 45.1 Å². The first-order valence-corrected chi connectivity index (χ1v) is 7.85. The summed E-state index contributed by atoms with van der Waals surface area (Å²) in [6.07, 6.45) is 9.85. The molecule has 2 N–H and O–H groups in total. The van der Waals surface area contributed by atoms with Crippen LogP contribution in [0.2, 0.25) is 0 Å². The van der Waals surface area contributed by atoms with Crippen LogP contribution in [0.1, 0.15) is 48.3 Å². The highest BCUT2D eigenvalue weighted by atomic mass is 16.1. The highest BCUT2D eigenvalue weighted by molar-refractivity contribution is 5.92. The number of nitrogens with zero attached hydrogens (tertiary/aromatic N) is 2. The number of carbonyl (C=O) groups excluding carboxylic acids is 1. The number of rotatable bonds is 7. The number of carbonyl (C=O) groups is 1. The molecule has 1 aliphatic carbocycles. The summed E-state index contributed by atoms with van der Waals surface area (Å²) in [7, 11) is 0. The van der Waals surface area contributed by atoms with Crippen molar-refractivity contribution in [3.05, 3.63) is 41.8 Å². The van der Waals surface area contributed by atoms with Crippen LogP contribution in [0.25, 0.3) is 0 Å². The normalized spacial score (nSPS) is 14.1. The lowest BCUT2D eigenvalue weighted by Crippen LogP contribution is -2.26. The average molecular weight is 300 g/mol. The Kier molecular flexibility index (Phi) is 6.13. The smallest absolute Gasteiger partial charge is 0.270 e. The molecule has 0 atom stereocenters. The second-order valence-corrected chi connectivity index (χ2v) is 5.50. The largest absolute Gasteiger partial charge is 0.351 e. The molecule has 0 aliphatic heterocycles. The summed E-state index contributed by atoms with van der Waals surface area (Å²) < 4.78 is 0. The third-order valence-corrected chi connectivity index (χ3v) is 3.61. The third-order valence-electron chi connectivity index (χ3n) is 3.61. The van der Waals surface area contributed by atoms with E-state index in [-0.39, 0.29) is 5.91 Å². The Morgan fingerprint density at radius 1 is 1.41 bits per heavy atom. The number of hydrogen-bond acceptors (Lipinski definition) is 4. The zero-order valence-corrected chi connectivity index (χ0v) is 13.2. The molecule has 5 nitrogen and oxygen atoms in total. The Hall–Kier alpha value is -2.17. The molecule has 0 radical (unpaired) electrons. The van der Waals surface area contributed by atoms with Crippen molar-refractivity contribution < 1.29 is 4.79 Å². The van der Waals surface area contributed by atoms with Gasteiger partial charge in [-0.15, -0.1) is 6.58 Å². The van der Waals surface area contributed by atoms with Crippen molar-refractivity contribution in [1.82, 2.24) is 15.3 Å². The van der Waals surface area contributed by atoms with Gasteiger partial charge in [0, 0.05) is 18.8 Å². The summed E-state index contributed by atoms with van der Waals surface area (Å²) in [6, 6.07) is 1.70. The molecular formula is C17H24N4O. The Bertz CT molecular complexity index is 566. The Labute approximate surface area is 131 Å². The molecule has 2 rings (SSSR count). The van der Waals surface area contributed by atoms with Crippen LogP contribution in [-0.4, -0.2) is 29.0 Å². The van der Waals surface area contributed by atoms with E-state index in [1.54, 1.807) is 12.1 Å². The highest BCUT2D eigenvalue weighted by Gasteiger charge is 2.10. The van der Waals surface area contributed by atoms with Crippen LogP contribution in [0.3, 0.4) is 0 Å². The summed E-state index contributed by atoms with van der Waals surface area (Å²) in [4.78, 5) is 20.7. The van der Waals surface area contributed by atoms with Gasteiger partial charge >= 0.3 is 0 Å². The summed E-state index contributed by atoms with van der Waals surface area (Å²) in [6.45, 7) is 6.71. The molecule has 118 valence electrons. The van der Waals surface area contributed by atoms with Crippen LogP contribution in [0, 0.1) is 6.92 Å². The van der Waals surface area contributed by atoms with E-state index in [4.69, 9.17) is 0 Å². The van der Waals surface area contributed by atoms with E-state index >= 15 is 0 Å². The zero-order valence-electron chi connectivity index (χ0n) is 13.2. The van der Waals surface area contributed by atoms with Crippen LogP contribution in [0.15, 0.2) is 30.4 Å². The Morgan fingerprint density at radius 2 is 2.27 bits per heavy atom. The van der Waals surface area contributed by atoms with Crippen LogP contribution >= 0.6 is 0 Å². The maximum Gasteiger partial charge on any atom is 0.270 e. The first-order valence-electron chi connectivity index (χ1n) is 7.85. The lowest BCUT2D eigenvalue weighted by Gasteiger charge is -2.13. The van der Waals surface area contributed by atoms with Crippen molar-refractivity contribution >= 4 is 11.9 Å². The molecule has 5 heteroatoms. The number of amides is 1. The minimum atomic E-state index is -0.149. The van der Waals surface area contributed by atoms with Crippen LogP contribution in [0.5, 0.6) is 0 Å². The van der Waals surface area contributed by atoms with Crippen molar-refractivity contribution in [1.29, 1.82) is 0 Å². The van der Waals surface area contributed by atoms with Gasteiger partial charge in [0.15, 0.2) is 0 Å². The molecule has 1 aromatic heterocycles. The van der Waals surface area contributed by atoms with Crippen molar-refractivity contribution in [3.8, 4) is 0 Å². The van der Waals surface area contributed by atoms with E-state index in [0.29, 0.717) is 24.7 Å². The molecule has 1 aromatic rings. The number of hydrogen-bond donors (Lipinski definition) is 2. The topological polar surface area (TPSA) is 66.9 Å². The van der Waals surface area contributed by atoms with Gasteiger partial charge in [-0.1, -0.05) is 17.7 Å². The van der Waals surface area contributed by atoms with Crippen molar-refractivity contribution in [2.75, 3.05) is 18.4 Å². The van der Waals surface area contributed by atoms with Crippen molar-refractivity contribution in [2.24, 2.45) is 0 Å². The van der Waals surface area contributed by atoms with Crippen molar-refractivity contribution in [3.63, 3.8) is 0 Å². The summed E-state index contributed by atoms with van der Waals surface area (Å²) in [5.41, 5.74) is 2.62. The maximum absolute atomic E-state index is 12.2. The third kappa shape index (κ3) is 4.98. The van der Waals surface area contributed by atoms with Gasteiger partial charge in [0.2, 0.25) is 5.95 Å². The number of aromatic nitrogens is 2. The molecule has 0 spiro atoms. The first-order chi connectivity index (χ1) is 10.7. The van der Waals surface area contributed by atoms with Crippen LogP contribution in [-0.2, 0) is 0 Å². The molecule has 0 saturated heterocycles. The Balaban J connectivity index is 1.89. The van der Waals surface area contributed by atoms with E-state index < -0.39 is 0 Å². The van der Waals surface area contributed by atoms with Crippen molar-refractivity contribution in [2.45, 2.75) is 39.0 Å². The van der Waals surface area contributed by atoms with E-state index in [1.807, 2.05) is 6.92 Å². The number of allylic oxidation sites excluding steroid dienone is 1. The van der Waals surface area contributed by atoms with Gasteiger partial charge in [0.05, 0.1) is 0 Å². The highest BCUT2D eigenvalue weighted by Crippen LogP contribution is 2.19. The van der Waals surface area contributed by atoms with E-state index in [9.17, 15) is 4.79 Å². The fourth-order valence-electron chi connectivity index (χ4n) is 2.49. The van der Waals surface area contributed by atoms with Gasteiger partial charge in [-0.2, -0.15) is 0 Å². The SMILES string of the molecule is C=CCNc1nc(C)cc(C(=O)NCCC2=CCCCC2)n1. The van der Waals surface area contributed by atoms with Crippen LogP contribution < -0.4 is 10.6 Å². The number of nitrogens with one attached hydrogen (secondary N) is 2. The zero-order chi connectivity index (χ0) is 15.8. The van der Waals surface area contributed by atoms with E-state index in [2.05, 4.69) is 33.3 Å². The Morgan fingerprint density at radius 3 is 3.00 bits per heavy atom. The fraction of sp³-hybridized carbons (Fsp3) is 0.471. The van der Waals surface area contributed by atoms with E-state index in [1.165, 1.54) is 24.8 Å². The minimum absolute atomic E-state index is 0.149. The van der Waals surface area contributed by atoms with Gasteiger partial charge in [-0.3, -0.25) is 4.79 Å². The molecule has 0 fully saturated rings. The number of anilines is 1. The number of aryl methyl sites for hydroxylation is 1.